The van der Waals surface area contributed by atoms with Crippen molar-refractivity contribution < 1.29 is 9.90 Å². The van der Waals surface area contributed by atoms with Gasteiger partial charge in [0.15, 0.2) is 5.82 Å². The maximum Gasteiger partial charge on any atom is 0.257 e. The lowest BCUT2D eigenvalue weighted by Crippen LogP contribution is -2.53. The molecule has 0 aliphatic carbocycles. The minimum Gasteiger partial charge on any atom is -0.507 e. The predicted octanol–water partition coefficient (Wildman–Crippen LogP) is 3.86. The van der Waals surface area contributed by atoms with E-state index >= 15 is 0 Å². The number of amides is 1. The number of carbonyl (C=O) groups is 1. The first-order chi connectivity index (χ1) is 14.6. The van der Waals surface area contributed by atoms with Gasteiger partial charge in [-0.3, -0.25) is 4.79 Å². The fourth-order valence-electron chi connectivity index (χ4n) is 5.05. The summed E-state index contributed by atoms with van der Waals surface area (Å²) in [5, 5.41) is 10.5. The minimum absolute atomic E-state index is 0.0791. The molecule has 0 saturated carbocycles. The molecule has 1 fully saturated rings. The summed E-state index contributed by atoms with van der Waals surface area (Å²) in [5.41, 5.74) is 3.07. The van der Waals surface area contributed by atoms with Gasteiger partial charge in [-0.05, 0) is 55.7 Å². The number of para-hydroxylation sites is 1. The Bertz CT molecular complexity index is 1120. The molecule has 1 aromatic carbocycles. The number of anilines is 1. The van der Waals surface area contributed by atoms with Crippen LogP contribution >= 0.6 is 0 Å². The number of likely N-dealkylation sites (tertiary alicyclic amines) is 1. The number of rotatable bonds is 3. The lowest BCUT2D eigenvalue weighted by molar-refractivity contribution is 0.0779. The number of aryl methyl sites for hydroxylation is 1. The van der Waals surface area contributed by atoms with Crippen LogP contribution in [0.25, 0.3) is 5.82 Å². The molecule has 4 heterocycles. The van der Waals surface area contributed by atoms with Gasteiger partial charge in [0, 0.05) is 32.0 Å². The van der Waals surface area contributed by atoms with Crippen LogP contribution in [0, 0.1) is 6.92 Å². The smallest absolute Gasteiger partial charge is 0.257 e. The molecule has 0 radical (unpaired) electrons. The van der Waals surface area contributed by atoms with Crippen molar-refractivity contribution in [2.75, 3.05) is 24.5 Å². The average molecular weight is 402 g/mol. The molecule has 2 aliphatic rings. The number of aromatic hydroxyl groups is 1. The van der Waals surface area contributed by atoms with Crippen LogP contribution in [0.5, 0.6) is 5.75 Å². The molecule has 3 aromatic rings. The van der Waals surface area contributed by atoms with Gasteiger partial charge in [-0.25, -0.2) is 4.98 Å². The van der Waals surface area contributed by atoms with Crippen LogP contribution in [0.2, 0.25) is 0 Å². The molecule has 154 valence electrons. The van der Waals surface area contributed by atoms with E-state index in [1.54, 1.807) is 6.07 Å². The number of benzene rings is 1. The van der Waals surface area contributed by atoms with Gasteiger partial charge in [-0.2, -0.15) is 0 Å². The maximum atomic E-state index is 13.3. The summed E-state index contributed by atoms with van der Waals surface area (Å²) in [6.07, 6.45) is 5.73. The molecule has 1 atom stereocenters. The zero-order valence-electron chi connectivity index (χ0n) is 17.4. The molecular formula is C24H26N4O2. The first-order valence-corrected chi connectivity index (χ1v) is 10.6. The Balaban J connectivity index is 1.57. The van der Waals surface area contributed by atoms with Crippen LogP contribution in [0.1, 0.15) is 41.4 Å². The highest BCUT2D eigenvalue weighted by Gasteiger charge is 2.50. The molecule has 5 rings (SSSR count). The summed E-state index contributed by atoms with van der Waals surface area (Å²) in [5.74, 6) is 0.910. The normalized spacial score (nSPS) is 19.8. The highest BCUT2D eigenvalue weighted by molar-refractivity contribution is 5.97. The fourth-order valence-corrected chi connectivity index (χ4v) is 5.05. The van der Waals surface area contributed by atoms with Gasteiger partial charge in [0.1, 0.15) is 11.3 Å². The van der Waals surface area contributed by atoms with Crippen molar-refractivity contribution in [1.29, 1.82) is 0 Å². The Kier molecular flexibility index (Phi) is 4.31. The van der Waals surface area contributed by atoms with Gasteiger partial charge in [0.05, 0.1) is 16.9 Å². The number of hydrogen-bond donors (Lipinski definition) is 1. The lowest BCUT2D eigenvalue weighted by atomic mass is 9.88. The number of nitrogens with zero attached hydrogens (tertiary/aromatic N) is 4. The van der Waals surface area contributed by atoms with Crippen molar-refractivity contribution in [3.63, 3.8) is 0 Å². The molecular weight excluding hydrogens is 376 g/mol. The zero-order chi connectivity index (χ0) is 20.9. The van der Waals surface area contributed by atoms with Crippen LogP contribution in [-0.2, 0) is 5.54 Å². The van der Waals surface area contributed by atoms with E-state index in [1.165, 1.54) is 5.69 Å². The number of fused-ring (bicyclic) bond motifs is 4. The van der Waals surface area contributed by atoms with E-state index in [0.29, 0.717) is 24.2 Å². The zero-order valence-corrected chi connectivity index (χ0v) is 17.4. The molecule has 1 saturated heterocycles. The quantitative estimate of drug-likeness (QED) is 0.723. The van der Waals surface area contributed by atoms with Crippen molar-refractivity contribution in [3.8, 4) is 11.6 Å². The molecule has 30 heavy (non-hydrogen) atoms. The summed E-state index contributed by atoms with van der Waals surface area (Å²) in [4.78, 5) is 22.3. The summed E-state index contributed by atoms with van der Waals surface area (Å²) < 4.78 is 2.17. The number of carbonyl (C=O) groups excluding carboxylic acids is 1. The molecule has 6 nitrogen and oxygen atoms in total. The van der Waals surface area contributed by atoms with E-state index in [2.05, 4.69) is 45.8 Å². The molecule has 2 aliphatic heterocycles. The monoisotopic (exact) mass is 402 g/mol. The molecule has 1 N–H and O–H groups in total. The van der Waals surface area contributed by atoms with Crippen molar-refractivity contribution >= 4 is 11.6 Å². The third-order valence-electron chi connectivity index (χ3n) is 6.48. The molecule has 1 amide bonds. The van der Waals surface area contributed by atoms with E-state index in [-0.39, 0.29) is 17.2 Å². The Labute approximate surface area is 176 Å². The number of phenols is 1. The molecule has 1 unspecified atom stereocenters. The predicted molar refractivity (Wildman–Crippen MR) is 116 cm³/mol. The highest BCUT2D eigenvalue weighted by Crippen LogP contribution is 2.47. The molecule has 1 spiro atoms. The minimum atomic E-state index is -0.301. The second kappa shape index (κ2) is 6.90. The average Bonchev–Trinajstić information content (AvgIpc) is 3.42. The van der Waals surface area contributed by atoms with Crippen LogP contribution in [0.4, 0.5) is 5.69 Å². The summed E-state index contributed by atoms with van der Waals surface area (Å²) >= 11 is 0. The summed E-state index contributed by atoms with van der Waals surface area (Å²) in [7, 11) is 0. The molecule has 0 bridgehead atoms. The fraction of sp³-hybridized carbons (Fsp3) is 0.333. The van der Waals surface area contributed by atoms with E-state index in [9.17, 15) is 9.90 Å². The Hall–Kier alpha value is -3.28. The second-order valence-electron chi connectivity index (χ2n) is 8.24. The third-order valence-corrected chi connectivity index (χ3v) is 6.48. The van der Waals surface area contributed by atoms with E-state index < -0.39 is 0 Å². The van der Waals surface area contributed by atoms with Gasteiger partial charge in [-0.1, -0.05) is 19.1 Å². The second-order valence-corrected chi connectivity index (χ2v) is 8.24. The highest BCUT2D eigenvalue weighted by atomic mass is 16.3. The van der Waals surface area contributed by atoms with E-state index in [0.717, 1.165) is 30.9 Å². The van der Waals surface area contributed by atoms with Gasteiger partial charge < -0.3 is 19.5 Å². The van der Waals surface area contributed by atoms with Crippen LogP contribution < -0.4 is 4.90 Å². The van der Waals surface area contributed by atoms with Gasteiger partial charge in [-0.15, -0.1) is 0 Å². The Morgan fingerprint density at radius 2 is 2.07 bits per heavy atom. The van der Waals surface area contributed by atoms with Gasteiger partial charge >= 0.3 is 0 Å². The number of phenolic OH excluding ortho intramolecular Hbond substituents is 1. The van der Waals surface area contributed by atoms with Crippen molar-refractivity contribution in [1.82, 2.24) is 14.5 Å². The number of hydrogen-bond acceptors (Lipinski definition) is 4. The SMILES string of the molecule is CCCN1c2cccnc2-n2cccc2C12CCN(C(=O)c1cccc(C)c1O)C2. The first kappa shape index (κ1) is 18.7. The van der Waals surface area contributed by atoms with Crippen molar-refractivity contribution in [3.05, 3.63) is 71.7 Å². The van der Waals surface area contributed by atoms with Gasteiger partial charge in [0.25, 0.3) is 5.91 Å². The van der Waals surface area contributed by atoms with E-state index in [1.807, 2.05) is 36.2 Å². The molecule has 2 aromatic heterocycles. The maximum absolute atomic E-state index is 13.3. The topological polar surface area (TPSA) is 61.6 Å². The van der Waals surface area contributed by atoms with Crippen molar-refractivity contribution in [2.24, 2.45) is 0 Å². The lowest BCUT2D eigenvalue weighted by Gasteiger charge is -2.47. The van der Waals surface area contributed by atoms with Crippen molar-refractivity contribution in [2.45, 2.75) is 32.2 Å². The standard InChI is InChI=1S/C24H26N4O2/c1-3-13-28-19-9-5-12-25-22(19)27-14-6-10-20(27)24(28)11-15-26(16-24)23(30)18-8-4-7-17(2)21(18)29/h4-10,12,14,29H,3,11,13,15-16H2,1-2H3. The first-order valence-electron chi connectivity index (χ1n) is 10.6. The van der Waals surface area contributed by atoms with Crippen LogP contribution in [-0.4, -0.2) is 45.1 Å². The van der Waals surface area contributed by atoms with E-state index in [4.69, 9.17) is 0 Å². The number of pyridine rings is 1. The van der Waals surface area contributed by atoms with Gasteiger partial charge in [0.2, 0.25) is 0 Å². The van der Waals surface area contributed by atoms with Crippen LogP contribution in [0.3, 0.4) is 0 Å². The Morgan fingerprint density at radius 3 is 2.90 bits per heavy atom. The molecule has 6 heteroatoms. The largest absolute Gasteiger partial charge is 0.507 e. The summed E-state index contributed by atoms with van der Waals surface area (Å²) in [6.45, 7) is 6.12. The third kappa shape index (κ3) is 2.56. The summed E-state index contributed by atoms with van der Waals surface area (Å²) in [6, 6.07) is 13.7. The number of aromatic nitrogens is 2. The van der Waals surface area contributed by atoms with Crippen LogP contribution in [0.15, 0.2) is 54.9 Å². The Morgan fingerprint density at radius 1 is 1.20 bits per heavy atom.